The summed E-state index contributed by atoms with van der Waals surface area (Å²) >= 11 is 2.15. The fourth-order valence-corrected chi connectivity index (χ4v) is 6.02. The average Bonchev–Trinajstić information content (AvgIpc) is 3.84. The van der Waals surface area contributed by atoms with Gasteiger partial charge in [-0.15, -0.1) is 0 Å². The molecule has 270 valence electrons. The van der Waals surface area contributed by atoms with Crippen LogP contribution in [0.25, 0.3) is 0 Å². The molecular weight excluding hydrogens is 1030 g/mol. The molecule has 0 spiro atoms. The van der Waals surface area contributed by atoms with Crippen LogP contribution >= 0.6 is 22.6 Å². The van der Waals surface area contributed by atoms with E-state index in [0.29, 0.717) is 6.54 Å². The number of halogens is 1. The maximum atomic E-state index is 9.73. The van der Waals surface area contributed by atoms with E-state index in [1.54, 1.807) is 19.2 Å². The van der Waals surface area contributed by atoms with Gasteiger partial charge in [0.2, 0.25) is 0 Å². The maximum Gasteiger partial charge on any atom is 1.00 e. The van der Waals surface area contributed by atoms with E-state index in [4.69, 9.17) is 29.3 Å². The minimum atomic E-state index is -0.181. The van der Waals surface area contributed by atoms with E-state index in [2.05, 4.69) is 76.5 Å². The third-order valence-corrected chi connectivity index (χ3v) is 8.48. The summed E-state index contributed by atoms with van der Waals surface area (Å²) in [5.41, 5.74) is 8.67. The first kappa shape index (κ1) is 46.8. The number of anilines is 2. The molecule has 2 aromatic carbocycles. The Kier molecular flexibility index (Phi) is 22.1. The van der Waals surface area contributed by atoms with E-state index in [-0.39, 0.29) is 151 Å². The van der Waals surface area contributed by atoms with Gasteiger partial charge in [-0.1, -0.05) is 34.7 Å². The Morgan fingerprint density at radius 3 is 1.66 bits per heavy atom. The number of aromatic hydroxyl groups is 1. The number of aromatic nitrogens is 2. The molecule has 0 unspecified atom stereocenters. The topological polar surface area (TPSA) is 154 Å². The monoisotopic (exact) mass is 1070 g/mol. The summed E-state index contributed by atoms with van der Waals surface area (Å²) in [4.78, 5) is 36.1. The summed E-state index contributed by atoms with van der Waals surface area (Å²) < 4.78 is 16.2. The van der Waals surface area contributed by atoms with Crippen molar-refractivity contribution in [3.63, 3.8) is 0 Å². The number of hydrogen-bond acceptors (Lipinski definition) is 13. The molecule has 13 nitrogen and oxygen atoms in total. The molecule has 0 bridgehead atoms. The van der Waals surface area contributed by atoms with E-state index in [1.165, 1.54) is 5.56 Å². The van der Waals surface area contributed by atoms with Gasteiger partial charge >= 0.3 is 138 Å². The second-order valence-electron chi connectivity index (χ2n) is 11.4. The number of methoxy groups -OCH3 is 1. The van der Waals surface area contributed by atoms with Crippen LogP contribution in [-0.2, 0) is 32.2 Å². The van der Waals surface area contributed by atoms with Crippen LogP contribution in [0.2, 0.25) is 0 Å². The van der Waals surface area contributed by atoms with Crippen molar-refractivity contribution < 1.29 is 173 Å². The number of benzene rings is 2. The standard InChI is InChI=1S/C18H19N3O2.C17H17N3O2.CH3I.CH2O3.2Cs.H/c1-22-15-3-2-14-12-20-18(16(14)11-15)13-4-5-19-17(10-13)21-6-8-23-9-7-21;21-14-2-1-13-11-19-17(15(13)10-14)12-3-4-18-16(9-12)20-5-7-22-8-6-20;1-2;2-1-4-3;;;/h2-5,10-11H,6-9,12H2,1H3;1-4,9-10,21H,5-8,11H2;1H3;1,3H;;;/q;;;;2*+1;-1/p-1. The quantitative estimate of drug-likeness (QED) is 0.0741. The molecule has 4 aliphatic heterocycles. The van der Waals surface area contributed by atoms with Crippen LogP contribution in [0.15, 0.2) is 83.0 Å². The van der Waals surface area contributed by atoms with Crippen molar-refractivity contribution in [1.29, 1.82) is 0 Å². The second kappa shape index (κ2) is 25.0. The van der Waals surface area contributed by atoms with E-state index >= 15 is 0 Å². The molecular formula is C37H41Cs2IN6O7. The zero-order valence-corrected chi connectivity index (χ0v) is 45.3. The number of fused-ring (bicyclic) bond motifs is 2. The van der Waals surface area contributed by atoms with Gasteiger partial charge < -0.3 is 40.7 Å². The van der Waals surface area contributed by atoms with Crippen molar-refractivity contribution in [1.82, 2.24) is 9.97 Å². The van der Waals surface area contributed by atoms with Gasteiger partial charge in [-0.25, -0.2) is 9.97 Å². The smallest absolute Gasteiger partial charge is 1.00 e. The molecule has 8 rings (SSSR count). The molecule has 2 fully saturated rings. The number of pyridine rings is 2. The number of aliphatic imine (C=N–C) groups is 2. The fourth-order valence-electron chi connectivity index (χ4n) is 6.02. The van der Waals surface area contributed by atoms with Crippen LogP contribution in [0.5, 0.6) is 11.5 Å². The third kappa shape index (κ3) is 13.0. The van der Waals surface area contributed by atoms with Gasteiger partial charge in [0.1, 0.15) is 23.1 Å². The van der Waals surface area contributed by atoms with Crippen LogP contribution in [-0.4, -0.2) is 97.6 Å². The molecule has 0 amide bonds. The molecule has 1 N–H and O–H groups in total. The van der Waals surface area contributed by atoms with Gasteiger partial charge in [0.15, 0.2) is 0 Å². The van der Waals surface area contributed by atoms with E-state index < -0.39 is 0 Å². The number of phenolic OH excluding ortho intramolecular Hbond substituents is 1. The molecule has 4 aliphatic rings. The summed E-state index contributed by atoms with van der Waals surface area (Å²) in [6.07, 6.45) is 3.68. The second-order valence-corrected chi connectivity index (χ2v) is 11.4. The van der Waals surface area contributed by atoms with E-state index in [9.17, 15) is 5.11 Å². The minimum Gasteiger partial charge on any atom is -1.00 e. The Bertz CT molecular complexity index is 1850. The van der Waals surface area contributed by atoms with Crippen LogP contribution in [0.4, 0.5) is 11.6 Å². The van der Waals surface area contributed by atoms with Crippen molar-refractivity contribution in [2.24, 2.45) is 9.98 Å². The normalized spacial score (nSPS) is 15.0. The van der Waals surface area contributed by atoms with Crippen molar-refractivity contribution in [3.8, 4) is 11.5 Å². The van der Waals surface area contributed by atoms with Crippen molar-refractivity contribution >= 4 is 52.1 Å². The van der Waals surface area contributed by atoms with Crippen LogP contribution < -0.4 is 158 Å². The number of alkyl halides is 1. The summed E-state index contributed by atoms with van der Waals surface area (Å²) in [7, 11) is 1.69. The molecule has 2 aromatic heterocycles. The summed E-state index contributed by atoms with van der Waals surface area (Å²) in [5.74, 6) is 3.08. The fraction of sp³-hybridized carbons (Fsp3) is 0.324. The van der Waals surface area contributed by atoms with Gasteiger partial charge in [-0.05, 0) is 64.6 Å². The maximum absolute atomic E-state index is 9.73. The predicted molar refractivity (Wildman–Crippen MR) is 203 cm³/mol. The zero-order chi connectivity index (χ0) is 36.0. The first-order valence-corrected chi connectivity index (χ1v) is 18.5. The molecule has 0 atom stereocenters. The number of carbonyl (C=O) groups is 1. The Hall–Kier alpha value is -0.536. The van der Waals surface area contributed by atoms with Crippen molar-refractivity contribution in [3.05, 3.63) is 106 Å². The van der Waals surface area contributed by atoms with Crippen molar-refractivity contribution in [2.75, 3.05) is 74.4 Å². The number of carbonyl (C=O) groups excluding carboxylic acids is 1. The molecule has 0 saturated carbocycles. The summed E-state index contributed by atoms with van der Waals surface area (Å²) in [5, 5.41) is 18.2. The predicted octanol–water partition coefficient (Wildman–Crippen LogP) is -2.14. The van der Waals surface area contributed by atoms with Crippen molar-refractivity contribution in [2.45, 2.75) is 13.1 Å². The largest absolute Gasteiger partial charge is 1.00 e. The SMILES string of the molecule is CI.COc1ccc2c(c1)C(c1ccnc(N3CCOCC3)c1)=NC2.O=CO[O-].Oc1ccc2c(c1)C(c1ccnc(N3CCOCC3)c1)=NC2.[Cs+].[Cs+].[H-]. The number of phenols is 1. The van der Waals surface area contributed by atoms with Crippen LogP contribution in [0.1, 0.15) is 34.8 Å². The summed E-state index contributed by atoms with van der Waals surface area (Å²) in [6.45, 7) is 7.69. The van der Waals surface area contributed by atoms with Gasteiger partial charge in [0.25, 0.3) is 6.47 Å². The molecule has 4 aromatic rings. The zero-order valence-electron chi connectivity index (χ0n) is 31.5. The molecule has 53 heavy (non-hydrogen) atoms. The molecule has 0 radical (unpaired) electrons. The minimum absolute atomic E-state index is 0. The van der Waals surface area contributed by atoms with Gasteiger partial charge in [0, 0.05) is 60.8 Å². The number of ether oxygens (including phenoxy) is 3. The molecule has 6 heterocycles. The number of rotatable bonds is 6. The Labute approximate surface area is 442 Å². The Balaban J connectivity index is 0.000000312. The number of morpholine rings is 2. The number of hydrogen-bond donors (Lipinski definition) is 1. The van der Waals surface area contributed by atoms with E-state index in [0.717, 1.165) is 116 Å². The van der Waals surface area contributed by atoms with Crippen LogP contribution in [0.3, 0.4) is 0 Å². The average molecular weight is 1070 g/mol. The van der Waals surface area contributed by atoms with Gasteiger partial charge in [-0.3, -0.25) is 14.8 Å². The molecule has 2 saturated heterocycles. The molecule has 16 heteroatoms. The first-order chi connectivity index (χ1) is 25.1. The van der Waals surface area contributed by atoms with Gasteiger partial charge in [0.05, 0.1) is 58.1 Å². The van der Waals surface area contributed by atoms with Crippen LogP contribution in [0, 0.1) is 0 Å². The van der Waals surface area contributed by atoms with Gasteiger partial charge in [-0.2, -0.15) is 0 Å². The van der Waals surface area contributed by atoms with E-state index in [1.807, 2.05) is 41.6 Å². The Morgan fingerprint density at radius 1 is 0.755 bits per heavy atom. The Morgan fingerprint density at radius 2 is 1.21 bits per heavy atom. The summed E-state index contributed by atoms with van der Waals surface area (Å²) in [6, 6.07) is 19.8. The molecule has 0 aliphatic carbocycles. The third-order valence-electron chi connectivity index (χ3n) is 8.48. The first-order valence-electron chi connectivity index (χ1n) is 16.3. The number of nitrogens with zero attached hydrogens (tertiary/aromatic N) is 6.